The molecule has 1 aliphatic rings. The van der Waals surface area contributed by atoms with E-state index in [9.17, 15) is 0 Å². The van der Waals surface area contributed by atoms with E-state index in [2.05, 4.69) is 15.5 Å². The van der Waals surface area contributed by atoms with Crippen LogP contribution < -0.4 is 16.4 Å². The van der Waals surface area contributed by atoms with Crippen LogP contribution in [0.4, 0.5) is 0 Å². The molecule has 0 aromatic heterocycles. The van der Waals surface area contributed by atoms with Gasteiger partial charge in [-0.05, 0) is 6.92 Å². The smallest absolute Gasteiger partial charge is 0.0543 e. The molecule has 1 heterocycles. The first-order chi connectivity index (χ1) is 5.80. The topological polar surface area (TPSA) is 53.3 Å². The number of nitrogens with one attached hydrogen (secondary N) is 2. The Morgan fingerprint density at radius 2 is 1.58 bits per heavy atom. The second-order valence-electron chi connectivity index (χ2n) is 3.28. The van der Waals surface area contributed by atoms with Gasteiger partial charge in [0.1, 0.15) is 0 Å². The van der Waals surface area contributed by atoms with Gasteiger partial charge in [0.25, 0.3) is 0 Å². The van der Waals surface area contributed by atoms with Crippen LogP contribution in [0.5, 0.6) is 0 Å². The van der Waals surface area contributed by atoms with E-state index < -0.39 is 0 Å². The fourth-order valence-electron chi connectivity index (χ4n) is 1.39. The van der Waals surface area contributed by atoms with E-state index >= 15 is 0 Å². The second-order valence-corrected chi connectivity index (χ2v) is 3.28. The van der Waals surface area contributed by atoms with Crippen molar-refractivity contribution in [1.82, 2.24) is 15.5 Å². The van der Waals surface area contributed by atoms with E-state index in [-0.39, 0.29) is 6.17 Å². The maximum atomic E-state index is 5.81. The summed E-state index contributed by atoms with van der Waals surface area (Å²) in [4.78, 5) is 2.28. The average Bonchev–Trinajstić information content (AvgIpc) is 2.15. The lowest BCUT2D eigenvalue weighted by Gasteiger charge is -2.25. The molecule has 0 aromatic rings. The summed E-state index contributed by atoms with van der Waals surface area (Å²) in [5, 5.41) is 6.70. The van der Waals surface area contributed by atoms with Gasteiger partial charge in [-0.25, -0.2) is 0 Å². The highest BCUT2D eigenvalue weighted by Crippen LogP contribution is 1.91. The molecule has 72 valence electrons. The van der Waals surface area contributed by atoms with E-state index in [0.717, 1.165) is 39.3 Å². The van der Waals surface area contributed by atoms with Gasteiger partial charge in [-0.3, -0.25) is 4.90 Å². The Morgan fingerprint density at radius 3 is 2.00 bits per heavy atom. The Kier molecular flexibility index (Phi) is 4.53. The van der Waals surface area contributed by atoms with E-state index in [4.69, 9.17) is 5.73 Å². The third-order valence-electron chi connectivity index (χ3n) is 2.21. The predicted molar refractivity (Wildman–Crippen MR) is 51.0 cm³/mol. The van der Waals surface area contributed by atoms with Gasteiger partial charge in [0.2, 0.25) is 0 Å². The molecule has 0 spiro atoms. The van der Waals surface area contributed by atoms with Crippen molar-refractivity contribution in [2.24, 2.45) is 5.73 Å². The molecule has 0 aliphatic carbocycles. The van der Waals surface area contributed by atoms with E-state index in [0.29, 0.717) is 0 Å². The normalized spacial score (nSPS) is 25.5. The number of hydrogen-bond acceptors (Lipinski definition) is 4. The number of nitrogens with zero attached hydrogens (tertiary/aromatic N) is 1. The van der Waals surface area contributed by atoms with Crippen LogP contribution in [0.25, 0.3) is 0 Å². The van der Waals surface area contributed by atoms with Crippen LogP contribution in [0.2, 0.25) is 0 Å². The fourth-order valence-corrected chi connectivity index (χ4v) is 1.39. The Bertz CT molecular complexity index is 106. The molecule has 12 heavy (non-hydrogen) atoms. The van der Waals surface area contributed by atoms with Crippen LogP contribution in [0.1, 0.15) is 6.92 Å². The molecule has 1 saturated heterocycles. The molecule has 0 amide bonds. The third kappa shape index (κ3) is 3.49. The van der Waals surface area contributed by atoms with Crippen molar-refractivity contribution in [3.05, 3.63) is 0 Å². The molecule has 1 rings (SSSR count). The lowest BCUT2D eigenvalue weighted by atomic mass is 10.4. The Hall–Kier alpha value is -0.160. The highest BCUT2D eigenvalue weighted by Gasteiger charge is 2.09. The maximum absolute atomic E-state index is 5.81. The van der Waals surface area contributed by atoms with Crippen LogP contribution in [0.15, 0.2) is 0 Å². The SMILES string of the molecule is CC(N)N1CCNCCNCC1. The standard InChI is InChI=1S/C8H20N4/c1-8(9)12-6-4-10-2-3-11-5-7-12/h8,10-11H,2-7,9H2,1H3. The summed E-state index contributed by atoms with van der Waals surface area (Å²) in [5.74, 6) is 0. The van der Waals surface area contributed by atoms with Gasteiger partial charge in [0, 0.05) is 39.3 Å². The van der Waals surface area contributed by atoms with Crippen LogP contribution in [0.3, 0.4) is 0 Å². The molecule has 1 fully saturated rings. The Labute approximate surface area is 74.5 Å². The van der Waals surface area contributed by atoms with Gasteiger partial charge >= 0.3 is 0 Å². The minimum absolute atomic E-state index is 0.173. The molecule has 1 atom stereocenters. The zero-order valence-electron chi connectivity index (χ0n) is 7.84. The van der Waals surface area contributed by atoms with Gasteiger partial charge in [0.15, 0.2) is 0 Å². The molecule has 0 bridgehead atoms. The molecule has 4 N–H and O–H groups in total. The fraction of sp³-hybridized carbons (Fsp3) is 1.00. The Balaban J connectivity index is 2.28. The maximum Gasteiger partial charge on any atom is 0.0543 e. The molecule has 0 aromatic carbocycles. The summed E-state index contributed by atoms with van der Waals surface area (Å²) in [6.45, 7) is 8.36. The summed E-state index contributed by atoms with van der Waals surface area (Å²) in [6, 6.07) is 0. The van der Waals surface area contributed by atoms with Crippen molar-refractivity contribution < 1.29 is 0 Å². The van der Waals surface area contributed by atoms with Gasteiger partial charge in [-0.15, -0.1) is 0 Å². The van der Waals surface area contributed by atoms with Gasteiger partial charge in [-0.1, -0.05) is 0 Å². The first-order valence-corrected chi connectivity index (χ1v) is 4.72. The molecule has 1 aliphatic heterocycles. The summed E-state index contributed by atoms with van der Waals surface area (Å²) >= 11 is 0. The Morgan fingerprint density at radius 1 is 1.08 bits per heavy atom. The number of hydrogen-bond donors (Lipinski definition) is 3. The van der Waals surface area contributed by atoms with Crippen LogP contribution >= 0.6 is 0 Å². The first-order valence-electron chi connectivity index (χ1n) is 4.72. The first kappa shape index (κ1) is 9.92. The van der Waals surface area contributed by atoms with Crippen molar-refractivity contribution in [3.63, 3.8) is 0 Å². The molecule has 1 unspecified atom stereocenters. The largest absolute Gasteiger partial charge is 0.316 e. The highest BCUT2D eigenvalue weighted by molar-refractivity contribution is 4.67. The molecule has 4 heteroatoms. The highest BCUT2D eigenvalue weighted by atomic mass is 15.2. The summed E-state index contributed by atoms with van der Waals surface area (Å²) in [5.41, 5.74) is 5.81. The molecular formula is C8H20N4. The number of rotatable bonds is 1. The van der Waals surface area contributed by atoms with Crippen molar-refractivity contribution in [3.8, 4) is 0 Å². The minimum atomic E-state index is 0.173. The third-order valence-corrected chi connectivity index (χ3v) is 2.21. The monoisotopic (exact) mass is 172 g/mol. The van der Waals surface area contributed by atoms with Crippen molar-refractivity contribution in [2.45, 2.75) is 13.1 Å². The van der Waals surface area contributed by atoms with Gasteiger partial charge < -0.3 is 16.4 Å². The van der Waals surface area contributed by atoms with Crippen molar-refractivity contribution >= 4 is 0 Å². The molecular weight excluding hydrogens is 152 g/mol. The molecule has 4 nitrogen and oxygen atoms in total. The lowest BCUT2D eigenvalue weighted by Crippen LogP contribution is -2.44. The van der Waals surface area contributed by atoms with E-state index in [1.807, 2.05) is 6.92 Å². The second kappa shape index (κ2) is 5.48. The van der Waals surface area contributed by atoms with Crippen LogP contribution in [-0.4, -0.2) is 50.3 Å². The molecule has 0 saturated carbocycles. The van der Waals surface area contributed by atoms with Crippen molar-refractivity contribution in [2.75, 3.05) is 39.3 Å². The van der Waals surface area contributed by atoms with Crippen molar-refractivity contribution in [1.29, 1.82) is 0 Å². The van der Waals surface area contributed by atoms with Crippen LogP contribution in [0, 0.1) is 0 Å². The zero-order chi connectivity index (χ0) is 8.81. The summed E-state index contributed by atoms with van der Waals surface area (Å²) in [7, 11) is 0. The van der Waals surface area contributed by atoms with Gasteiger partial charge in [-0.2, -0.15) is 0 Å². The predicted octanol–water partition coefficient (Wildman–Crippen LogP) is -1.21. The van der Waals surface area contributed by atoms with E-state index in [1.54, 1.807) is 0 Å². The minimum Gasteiger partial charge on any atom is -0.316 e. The van der Waals surface area contributed by atoms with Gasteiger partial charge in [0.05, 0.1) is 6.17 Å². The summed E-state index contributed by atoms with van der Waals surface area (Å²) in [6.07, 6.45) is 0.173. The van der Waals surface area contributed by atoms with E-state index in [1.165, 1.54) is 0 Å². The summed E-state index contributed by atoms with van der Waals surface area (Å²) < 4.78 is 0. The zero-order valence-corrected chi connectivity index (χ0v) is 7.84. The molecule has 0 radical (unpaired) electrons. The quantitative estimate of drug-likeness (QED) is 0.464. The lowest BCUT2D eigenvalue weighted by molar-refractivity contribution is 0.219. The average molecular weight is 172 g/mol. The number of nitrogens with two attached hydrogens (primary N) is 1. The van der Waals surface area contributed by atoms with Crippen LogP contribution in [-0.2, 0) is 0 Å².